The maximum Gasteiger partial charge on any atom is 0.308 e. The van der Waals surface area contributed by atoms with Crippen molar-refractivity contribution in [3.05, 3.63) is 34.9 Å². The maximum absolute atomic E-state index is 11.7. The van der Waals surface area contributed by atoms with Gasteiger partial charge in [-0.3, -0.25) is 14.4 Å². The molecule has 0 heterocycles. The van der Waals surface area contributed by atoms with Gasteiger partial charge in [-0.05, 0) is 30.7 Å². The summed E-state index contributed by atoms with van der Waals surface area (Å²) in [6.45, 7) is 1.56. The number of hydrogen-bond donors (Lipinski definition) is 3. The fourth-order valence-corrected chi connectivity index (χ4v) is 1.70. The van der Waals surface area contributed by atoms with Crippen LogP contribution in [0.1, 0.15) is 23.7 Å². The van der Waals surface area contributed by atoms with Gasteiger partial charge in [0.05, 0.1) is 12.5 Å². The van der Waals surface area contributed by atoms with E-state index < -0.39 is 23.7 Å². The molecule has 3 N–H and O–H groups in total. The van der Waals surface area contributed by atoms with Crippen molar-refractivity contribution in [2.45, 2.75) is 13.3 Å². The van der Waals surface area contributed by atoms with E-state index in [1.807, 2.05) is 0 Å². The second-order valence-corrected chi connectivity index (χ2v) is 4.87. The minimum Gasteiger partial charge on any atom is -0.481 e. The number of nitrogens with one attached hydrogen (secondary N) is 2. The van der Waals surface area contributed by atoms with Crippen molar-refractivity contribution in [3.8, 4) is 0 Å². The molecule has 114 valence electrons. The summed E-state index contributed by atoms with van der Waals surface area (Å²) in [6.07, 6.45) is 0.423. The standard InChI is InChI=1S/C14H17ClN2O4/c1-2-9(14(20)21)7-16-12(18)8-17-13(19)10-3-5-11(15)6-4-10/h3-6,9H,2,7-8H2,1H3,(H,16,18)(H,17,19)(H,20,21). The summed E-state index contributed by atoms with van der Waals surface area (Å²) >= 11 is 5.71. The van der Waals surface area contributed by atoms with Crippen LogP contribution in [-0.2, 0) is 9.59 Å². The Morgan fingerprint density at radius 3 is 2.33 bits per heavy atom. The van der Waals surface area contributed by atoms with Crippen LogP contribution in [0.25, 0.3) is 0 Å². The zero-order chi connectivity index (χ0) is 15.8. The third kappa shape index (κ3) is 5.83. The Bertz CT molecular complexity index is 516. The van der Waals surface area contributed by atoms with E-state index in [4.69, 9.17) is 16.7 Å². The quantitative estimate of drug-likeness (QED) is 0.707. The molecule has 0 fully saturated rings. The summed E-state index contributed by atoms with van der Waals surface area (Å²) in [5.74, 6) is -2.41. The van der Waals surface area contributed by atoms with E-state index in [9.17, 15) is 14.4 Å². The Hall–Kier alpha value is -2.08. The highest BCUT2D eigenvalue weighted by Gasteiger charge is 2.16. The van der Waals surface area contributed by atoms with E-state index >= 15 is 0 Å². The highest BCUT2D eigenvalue weighted by molar-refractivity contribution is 6.30. The number of halogens is 1. The Morgan fingerprint density at radius 1 is 1.19 bits per heavy atom. The van der Waals surface area contributed by atoms with Gasteiger partial charge in [0.2, 0.25) is 5.91 Å². The second-order valence-electron chi connectivity index (χ2n) is 4.44. The Kier molecular flexibility index (Phi) is 6.68. The van der Waals surface area contributed by atoms with Crippen LogP contribution >= 0.6 is 11.6 Å². The molecule has 0 spiro atoms. The summed E-state index contributed by atoms with van der Waals surface area (Å²) in [7, 11) is 0. The number of amides is 2. The molecule has 1 aromatic rings. The number of carbonyl (C=O) groups excluding carboxylic acids is 2. The van der Waals surface area contributed by atoms with Crippen molar-refractivity contribution in [1.29, 1.82) is 0 Å². The fourth-order valence-electron chi connectivity index (χ4n) is 1.57. The monoisotopic (exact) mass is 312 g/mol. The van der Waals surface area contributed by atoms with Gasteiger partial charge in [0, 0.05) is 17.1 Å². The lowest BCUT2D eigenvalue weighted by Gasteiger charge is -2.11. The number of carboxylic acid groups (broad SMARTS) is 1. The molecule has 1 unspecified atom stereocenters. The van der Waals surface area contributed by atoms with Gasteiger partial charge in [-0.2, -0.15) is 0 Å². The lowest BCUT2D eigenvalue weighted by molar-refractivity contribution is -0.141. The molecular formula is C14H17ClN2O4. The number of benzene rings is 1. The van der Waals surface area contributed by atoms with Crippen molar-refractivity contribution in [3.63, 3.8) is 0 Å². The van der Waals surface area contributed by atoms with Crippen LogP contribution in [0.5, 0.6) is 0 Å². The van der Waals surface area contributed by atoms with Gasteiger partial charge >= 0.3 is 5.97 Å². The van der Waals surface area contributed by atoms with Crippen LogP contribution in [0.3, 0.4) is 0 Å². The van der Waals surface area contributed by atoms with E-state index in [1.54, 1.807) is 31.2 Å². The summed E-state index contributed by atoms with van der Waals surface area (Å²) in [5, 5.41) is 14.3. The van der Waals surface area contributed by atoms with Gasteiger partial charge in [-0.25, -0.2) is 0 Å². The first kappa shape index (κ1) is 17.0. The van der Waals surface area contributed by atoms with Crippen LogP contribution in [0.4, 0.5) is 0 Å². The Morgan fingerprint density at radius 2 is 1.81 bits per heavy atom. The first-order valence-corrected chi connectivity index (χ1v) is 6.85. The molecule has 0 aromatic heterocycles. The maximum atomic E-state index is 11.7. The number of carbonyl (C=O) groups is 3. The van der Waals surface area contributed by atoms with Crippen molar-refractivity contribution in [2.75, 3.05) is 13.1 Å². The van der Waals surface area contributed by atoms with E-state index in [2.05, 4.69) is 10.6 Å². The molecule has 0 saturated heterocycles. The molecular weight excluding hydrogens is 296 g/mol. The predicted octanol–water partition coefficient (Wildman–Crippen LogP) is 1.30. The van der Waals surface area contributed by atoms with Gasteiger partial charge in [-0.1, -0.05) is 18.5 Å². The average molecular weight is 313 g/mol. The molecule has 0 aliphatic rings. The van der Waals surface area contributed by atoms with Crippen molar-refractivity contribution in [2.24, 2.45) is 5.92 Å². The van der Waals surface area contributed by atoms with E-state index in [1.165, 1.54) is 0 Å². The highest BCUT2D eigenvalue weighted by atomic mass is 35.5. The van der Waals surface area contributed by atoms with E-state index in [-0.39, 0.29) is 13.1 Å². The number of hydrogen-bond acceptors (Lipinski definition) is 3. The second kappa shape index (κ2) is 8.26. The molecule has 1 aromatic carbocycles. The number of rotatable bonds is 7. The molecule has 0 saturated carbocycles. The zero-order valence-corrected chi connectivity index (χ0v) is 12.3. The summed E-state index contributed by atoms with van der Waals surface area (Å²) < 4.78 is 0. The number of aliphatic carboxylic acids is 1. The normalized spacial score (nSPS) is 11.5. The molecule has 7 heteroatoms. The van der Waals surface area contributed by atoms with Crippen LogP contribution in [0.2, 0.25) is 5.02 Å². The number of carboxylic acids is 1. The fraction of sp³-hybridized carbons (Fsp3) is 0.357. The highest BCUT2D eigenvalue weighted by Crippen LogP contribution is 2.09. The minimum absolute atomic E-state index is 0.0431. The van der Waals surface area contributed by atoms with Gasteiger partial charge in [0.25, 0.3) is 5.91 Å². The molecule has 0 radical (unpaired) electrons. The summed E-state index contributed by atoms with van der Waals surface area (Å²) in [5.41, 5.74) is 0.393. The van der Waals surface area contributed by atoms with Gasteiger partial charge in [-0.15, -0.1) is 0 Å². The smallest absolute Gasteiger partial charge is 0.308 e. The zero-order valence-electron chi connectivity index (χ0n) is 11.6. The largest absolute Gasteiger partial charge is 0.481 e. The molecule has 2 amide bonds. The molecule has 1 atom stereocenters. The van der Waals surface area contributed by atoms with Crippen LogP contribution in [0, 0.1) is 5.92 Å². The Labute approximate surface area is 127 Å². The van der Waals surface area contributed by atoms with Gasteiger partial charge < -0.3 is 15.7 Å². The summed E-state index contributed by atoms with van der Waals surface area (Å²) in [4.78, 5) is 34.1. The van der Waals surface area contributed by atoms with Crippen LogP contribution in [0.15, 0.2) is 24.3 Å². The topological polar surface area (TPSA) is 95.5 Å². The Balaban J connectivity index is 2.37. The molecule has 0 aliphatic carbocycles. The van der Waals surface area contributed by atoms with Gasteiger partial charge in [0.15, 0.2) is 0 Å². The van der Waals surface area contributed by atoms with E-state index in [0.717, 1.165) is 0 Å². The van der Waals surface area contributed by atoms with E-state index in [0.29, 0.717) is 17.0 Å². The molecule has 0 aliphatic heterocycles. The molecule has 0 bridgehead atoms. The first-order valence-electron chi connectivity index (χ1n) is 6.47. The molecule has 21 heavy (non-hydrogen) atoms. The predicted molar refractivity (Wildman–Crippen MR) is 78.2 cm³/mol. The first-order chi connectivity index (χ1) is 9.93. The molecule has 6 nitrogen and oxygen atoms in total. The average Bonchev–Trinajstić information content (AvgIpc) is 2.45. The van der Waals surface area contributed by atoms with Crippen molar-refractivity contribution in [1.82, 2.24) is 10.6 Å². The van der Waals surface area contributed by atoms with Crippen molar-refractivity contribution < 1.29 is 19.5 Å². The SMILES string of the molecule is CCC(CNC(=O)CNC(=O)c1ccc(Cl)cc1)C(=O)O. The third-order valence-electron chi connectivity index (χ3n) is 2.90. The lowest BCUT2D eigenvalue weighted by Crippen LogP contribution is -2.40. The van der Waals surface area contributed by atoms with Gasteiger partial charge in [0.1, 0.15) is 0 Å². The van der Waals surface area contributed by atoms with Crippen LogP contribution in [-0.4, -0.2) is 36.0 Å². The van der Waals surface area contributed by atoms with Crippen LogP contribution < -0.4 is 10.6 Å². The third-order valence-corrected chi connectivity index (χ3v) is 3.16. The lowest BCUT2D eigenvalue weighted by atomic mass is 10.1. The van der Waals surface area contributed by atoms with Crippen molar-refractivity contribution >= 4 is 29.4 Å². The molecule has 1 rings (SSSR count). The summed E-state index contributed by atoms with van der Waals surface area (Å²) in [6, 6.07) is 6.25. The minimum atomic E-state index is -0.956.